The van der Waals surface area contributed by atoms with Gasteiger partial charge in [-0.2, -0.15) is 0 Å². The van der Waals surface area contributed by atoms with Crippen molar-refractivity contribution < 1.29 is 14.7 Å². The molecule has 1 saturated carbocycles. The highest BCUT2D eigenvalue weighted by atomic mass is 16.4. The molecule has 1 aliphatic heterocycles. The third-order valence-electron chi connectivity index (χ3n) is 4.76. The van der Waals surface area contributed by atoms with Crippen molar-refractivity contribution in [3.63, 3.8) is 0 Å². The van der Waals surface area contributed by atoms with Crippen LogP contribution in [0.5, 0.6) is 0 Å². The maximum atomic E-state index is 12.8. The van der Waals surface area contributed by atoms with Crippen LogP contribution in [0.4, 0.5) is 5.69 Å². The Labute approximate surface area is 124 Å². The summed E-state index contributed by atoms with van der Waals surface area (Å²) in [5.41, 5.74) is 2.26. The van der Waals surface area contributed by atoms with Gasteiger partial charge in [-0.1, -0.05) is 18.2 Å². The summed E-state index contributed by atoms with van der Waals surface area (Å²) in [7, 11) is 0. The van der Waals surface area contributed by atoms with Crippen LogP contribution in [0.25, 0.3) is 0 Å². The fraction of sp³-hybridized carbons (Fsp3) is 0.529. The van der Waals surface area contributed by atoms with E-state index in [1.807, 2.05) is 23.1 Å². The molecule has 1 amide bonds. The topological polar surface area (TPSA) is 57.6 Å². The molecule has 1 aromatic rings. The Morgan fingerprint density at radius 1 is 1.10 bits per heavy atom. The number of amides is 1. The number of benzene rings is 1. The molecule has 0 saturated heterocycles. The third kappa shape index (κ3) is 2.80. The monoisotopic (exact) mass is 287 g/mol. The van der Waals surface area contributed by atoms with Crippen molar-refractivity contribution in [3.05, 3.63) is 29.8 Å². The lowest BCUT2D eigenvalue weighted by Crippen LogP contribution is -2.36. The first-order valence-corrected chi connectivity index (χ1v) is 7.79. The van der Waals surface area contributed by atoms with E-state index in [2.05, 4.69) is 6.07 Å². The van der Waals surface area contributed by atoms with Gasteiger partial charge < -0.3 is 10.0 Å². The normalized spacial score (nSPS) is 25.2. The number of fused-ring (bicyclic) bond motifs is 1. The van der Waals surface area contributed by atoms with E-state index in [4.69, 9.17) is 5.11 Å². The van der Waals surface area contributed by atoms with Gasteiger partial charge >= 0.3 is 5.97 Å². The Morgan fingerprint density at radius 3 is 2.62 bits per heavy atom. The van der Waals surface area contributed by atoms with Gasteiger partial charge in [0.15, 0.2) is 0 Å². The van der Waals surface area contributed by atoms with Gasteiger partial charge in [0, 0.05) is 18.2 Å². The van der Waals surface area contributed by atoms with Crippen molar-refractivity contribution in [3.8, 4) is 0 Å². The molecule has 3 rings (SSSR count). The van der Waals surface area contributed by atoms with E-state index in [9.17, 15) is 9.59 Å². The largest absolute Gasteiger partial charge is 0.481 e. The molecule has 1 N–H and O–H groups in total. The summed E-state index contributed by atoms with van der Waals surface area (Å²) in [6.45, 7) is 0.754. The molecule has 4 nitrogen and oxygen atoms in total. The number of para-hydroxylation sites is 1. The lowest BCUT2D eigenvalue weighted by atomic mass is 10.0. The number of carboxylic acid groups (broad SMARTS) is 1. The van der Waals surface area contributed by atoms with Gasteiger partial charge in [0.25, 0.3) is 0 Å². The molecule has 1 aromatic carbocycles. The Balaban J connectivity index is 1.80. The van der Waals surface area contributed by atoms with Crippen molar-refractivity contribution in [2.45, 2.75) is 38.5 Å². The minimum atomic E-state index is -0.762. The zero-order valence-electron chi connectivity index (χ0n) is 12.1. The Hall–Kier alpha value is -1.84. The van der Waals surface area contributed by atoms with Gasteiger partial charge in [-0.25, -0.2) is 0 Å². The summed E-state index contributed by atoms with van der Waals surface area (Å²) < 4.78 is 0. The number of anilines is 1. The molecular formula is C17H21NO3. The molecule has 0 bridgehead atoms. The van der Waals surface area contributed by atoms with Crippen LogP contribution in [0.2, 0.25) is 0 Å². The van der Waals surface area contributed by atoms with E-state index in [1.165, 1.54) is 5.56 Å². The molecule has 0 radical (unpaired) electrons. The van der Waals surface area contributed by atoms with Crippen LogP contribution in [0, 0.1) is 11.8 Å². The first-order valence-electron chi connectivity index (χ1n) is 7.79. The lowest BCUT2D eigenvalue weighted by molar-refractivity contribution is -0.141. The van der Waals surface area contributed by atoms with Gasteiger partial charge in [-0.05, 0) is 50.2 Å². The van der Waals surface area contributed by atoms with Crippen molar-refractivity contribution in [2.75, 3.05) is 11.4 Å². The maximum absolute atomic E-state index is 12.8. The molecule has 1 fully saturated rings. The van der Waals surface area contributed by atoms with Crippen molar-refractivity contribution in [1.82, 2.24) is 0 Å². The molecule has 0 spiro atoms. The minimum absolute atomic E-state index is 0.119. The Bertz CT molecular complexity index is 555. The van der Waals surface area contributed by atoms with Crippen molar-refractivity contribution in [2.24, 2.45) is 11.8 Å². The van der Waals surface area contributed by atoms with Crippen LogP contribution in [0.3, 0.4) is 0 Å². The molecule has 21 heavy (non-hydrogen) atoms. The van der Waals surface area contributed by atoms with Gasteiger partial charge in [0.05, 0.1) is 5.92 Å². The minimum Gasteiger partial charge on any atom is -0.481 e. The van der Waals surface area contributed by atoms with E-state index in [0.29, 0.717) is 19.3 Å². The van der Waals surface area contributed by atoms with Crippen LogP contribution < -0.4 is 4.90 Å². The number of nitrogens with zero attached hydrogens (tertiary/aromatic N) is 1. The zero-order chi connectivity index (χ0) is 14.8. The average Bonchev–Trinajstić information content (AvgIpc) is 2.88. The van der Waals surface area contributed by atoms with Gasteiger partial charge in [-0.3, -0.25) is 9.59 Å². The molecule has 1 heterocycles. The predicted molar refractivity (Wildman–Crippen MR) is 80.2 cm³/mol. The van der Waals surface area contributed by atoms with E-state index in [0.717, 1.165) is 31.5 Å². The predicted octanol–water partition coefficient (Wildman–Crippen LogP) is 2.86. The summed E-state index contributed by atoms with van der Waals surface area (Å²) in [6.07, 6.45) is 4.95. The summed E-state index contributed by atoms with van der Waals surface area (Å²) >= 11 is 0. The van der Waals surface area contributed by atoms with Crippen LogP contribution in [-0.4, -0.2) is 23.5 Å². The summed E-state index contributed by atoms with van der Waals surface area (Å²) in [4.78, 5) is 25.8. The fourth-order valence-corrected chi connectivity index (χ4v) is 3.57. The molecule has 4 heteroatoms. The van der Waals surface area contributed by atoms with Crippen LogP contribution >= 0.6 is 0 Å². The zero-order valence-corrected chi connectivity index (χ0v) is 12.1. The highest BCUT2D eigenvalue weighted by Crippen LogP contribution is 2.35. The number of hydrogen-bond acceptors (Lipinski definition) is 2. The summed E-state index contributed by atoms with van der Waals surface area (Å²) in [5.74, 6) is -1.12. The van der Waals surface area contributed by atoms with E-state index >= 15 is 0 Å². The molecule has 0 aromatic heterocycles. The fourth-order valence-electron chi connectivity index (χ4n) is 3.57. The number of hydrogen-bond donors (Lipinski definition) is 1. The second-order valence-corrected chi connectivity index (χ2v) is 6.12. The van der Waals surface area contributed by atoms with Crippen molar-refractivity contribution in [1.29, 1.82) is 0 Å². The summed E-state index contributed by atoms with van der Waals surface area (Å²) in [5, 5.41) is 9.10. The second kappa shape index (κ2) is 5.88. The first kappa shape index (κ1) is 14.1. The maximum Gasteiger partial charge on any atom is 0.306 e. The summed E-state index contributed by atoms with van der Waals surface area (Å²) in [6, 6.07) is 8.10. The highest BCUT2D eigenvalue weighted by Gasteiger charge is 2.36. The number of carboxylic acids is 1. The molecule has 2 aliphatic rings. The van der Waals surface area contributed by atoms with Gasteiger partial charge in [0.2, 0.25) is 5.91 Å². The quantitative estimate of drug-likeness (QED) is 0.910. The lowest BCUT2D eigenvalue weighted by Gasteiger charge is -2.26. The van der Waals surface area contributed by atoms with Crippen LogP contribution in [0.1, 0.15) is 37.7 Å². The number of aryl methyl sites for hydroxylation is 1. The first-order chi connectivity index (χ1) is 10.2. The smallest absolute Gasteiger partial charge is 0.306 e. The second-order valence-electron chi connectivity index (χ2n) is 6.12. The molecule has 1 aliphatic carbocycles. The standard InChI is InChI=1S/C17H21NO3/c19-16(13-8-9-14(11-13)17(20)21)18-10-4-3-6-12-5-1-2-7-15(12)18/h1-2,5,7,13-14H,3-4,6,8-11H2,(H,20,21)/t13-,14+/m1/s1. The number of carbonyl (C=O) groups is 2. The Morgan fingerprint density at radius 2 is 1.86 bits per heavy atom. The van der Waals surface area contributed by atoms with E-state index in [1.54, 1.807) is 0 Å². The molecular weight excluding hydrogens is 266 g/mol. The van der Waals surface area contributed by atoms with Gasteiger partial charge in [0.1, 0.15) is 0 Å². The molecule has 0 unspecified atom stereocenters. The number of carbonyl (C=O) groups excluding carboxylic acids is 1. The third-order valence-corrected chi connectivity index (χ3v) is 4.76. The van der Waals surface area contributed by atoms with Crippen LogP contribution in [0.15, 0.2) is 24.3 Å². The van der Waals surface area contributed by atoms with E-state index in [-0.39, 0.29) is 17.7 Å². The van der Waals surface area contributed by atoms with Crippen molar-refractivity contribution >= 4 is 17.6 Å². The average molecular weight is 287 g/mol. The number of rotatable bonds is 2. The molecule has 112 valence electrons. The molecule has 2 atom stereocenters. The number of aliphatic carboxylic acids is 1. The van der Waals surface area contributed by atoms with Gasteiger partial charge in [-0.15, -0.1) is 0 Å². The Kier molecular flexibility index (Phi) is 3.95. The van der Waals surface area contributed by atoms with E-state index < -0.39 is 5.97 Å². The highest BCUT2D eigenvalue weighted by molar-refractivity contribution is 5.96. The SMILES string of the molecule is O=C(O)[C@H]1CC[C@@H](C(=O)N2CCCCc3ccccc32)C1. The van der Waals surface area contributed by atoms with Crippen LogP contribution in [-0.2, 0) is 16.0 Å².